The zero-order valence-corrected chi connectivity index (χ0v) is 23.6. The van der Waals surface area contributed by atoms with Crippen molar-refractivity contribution >= 4 is 46.9 Å². The van der Waals surface area contributed by atoms with Crippen LogP contribution in [0.3, 0.4) is 0 Å². The Labute approximate surface area is 219 Å². The first-order chi connectivity index (χ1) is 15.6. The Hall–Kier alpha value is 1.40. The largest absolute Gasteiger partial charge is 0.470 e. The smallest absolute Gasteiger partial charge is 0.303 e. The van der Waals surface area contributed by atoms with Gasteiger partial charge in [-0.3, -0.25) is 27.1 Å². The molecule has 1 rings (SSSR count). The average Bonchev–Trinajstić information content (AvgIpc) is 2.51. The Kier molecular flexibility index (Phi) is 13.6. The van der Waals surface area contributed by atoms with Crippen LogP contribution in [0.4, 0.5) is 0 Å². The van der Waals surface area contributed by atoms with Crippen molar-refractivity contribution in [2.75, 3.05) is 0 Å². The molecule has 227 valence electrons. The molecule has 1 aliphatic rings. The minimum absolute atomic E-state index is 0. The summed E-state index contributed by atoms with van der Waals surface area (Å²) in [6, 6.07) is 0. The second-order valence-electron chi connectivity index (χ2n) is 6.36. The standard InChI is InChI=1S/C6H18O24P6.Ag/c7-31(8,9)25-1-2(26-32(10,11)12)4(28-34(16,17)18)6(30-36(22,23)24)5(29-35(19,20)21)3(1)27-33(13,14)15;/h1-6H,(H2,7,8,9)(H2,10,11,12)(H2,13,14,15)(H2,16,17,18)(H2,19,20,21)(H2,22,23,24);/t1-,2-,3-,4+,5-,6-;. The van der Waals surface area contributed by atoms with Gasteiger partial charge in [0, 0.05) is 22.4 Å². The molecule has 1 fully saturated rings. The van der Waals surface area contributed by atoms with E-state index in [2.05, 4.69) is 27.1 Å². The molecule has 12 N–H and O–H groups in total. The number of phosphoric ester groups is 6. The van der Waals surface area contributed by atoms with E-state index in [4.69, 9.17) is 58.7 Å². The van der Waals surface area contributed by atoms with Gasteiger partial charge in [0.05, 0.1) is 0 Å². The fourth-order valence-corrected chi connectivity index (χ4v) is 6.14. The molecule has 0 aromatic heterocycles. The summed E-state index contributed by atoms with van der Waals surface area (Å²) in [5, 5.41) is 0. The average molecular weight is 768 g/mol. The van der Waals surface area contributed by atoms with Gasteiger partial charge in [-0.25, -0.2) is 27.4 Å². The molecule has 0 aliphatic heterocycles. The maximum atomic E-state index is 11.4. The zero-order valence-electron chi connectivity index (χ0n) is 16.7. The van der Waals surface area contributed by atoms with Gasteiger partial charge in [0.15, 0.2) is 0 Å². The molecule has 0 atom stereocenters. The van der Waals surface area contributed by atoms with Crippen LogP contribution in [0.2, 0.25) is 0 Å². The Balaban J connectivity index is 0.0000130. The van der Waals surface area contributed by atoms with Crippen molar-refractivity contribution in [1.82, 2.24) is 0 Å². The normalized spacial score (nSPS) is 28.5. The van der Waals surface area contributed by atoms with Crippen LogP contribution < -0.4 is 0 Å². The van der Waals surface area contributed by atoms with Gasteiger partial charge in [-0.15, -0.1) is 0 Å². The number of rotatable bonds is 12. The van der Waals surface area contributed by atoms with Crippen LogP contribution in [-0.4, -0.2) is 95.3 Å². The van der Waals surface area contributed by atoms with Crippen molar-refractivity contribution in [3.8, 4) is 0 Å². The minimum Gasteiger partial charge on any atom is -0.303 e. The second kappa shape index (κ2) is 13.1. The van der Waals surface area contributed by atoms with E-state index in [9.17, 15) is 27.4 Å². The molecule has 0 heterocycles. The molecule has 37 heavy (non-hydrogen) atoms. The van der Waals surface area contributed by atoms with Gasteiger partial charge >= 0.3 is 46.9 Å². The predicted molar refractivity (Wildman–Crippen MR) is 102 cm³/mol. The molecule has 0 spiro atoms. The third-order valence-electron chi connectivity index (χ3n) is 3.50. The molecule has 31 heteroatoms. The first kappa shape index (κ1) is 38.4. The van der Waals surface area contributed by atoms with Crippen LogP contribution in [0.25, 0.3) is 0 Å². The van der Waals surface area contributed by atoms with Crippen LogP contribution in [0, 0.1) is 0 Å². The minimum atomic E-state index is -6.02. The van der Waals surface area contributed by atoms with Crippen molar-refractivity contribution in [3.63, 3.8) is 0 Å². The van der Waals surface area contributed by atoms with Crippen molar-refractivity contribution in [2.24, 2.45) is 0 Å². The molecule has 1 saturated carbocycles. The Morgan fingerprint density at radius 1 is 0.297 bits per heavy atom. The van der Waals surface area contributed by atoms with Gasteiger partial charge in [0.2, 0.25) is 0 Å². The second-order valence-corrected chi connectivity index (χ2v) is 13.5. The Bertz CT molecular complexity index is 824. The van der Waals surface area contributed by atoms with Crippen LogP contribution in [0.5, 0.6) is 0 Å². The molecular formula is C6H18AgO24P6. The number of hydrogen-bond donors (Lipinski definition) is 12. The van der Waals surface area contributed by atoms with Gasteiger partial charge in [-0.2, -0.15) is 0 Å². The van der Waals surface area contributed by atoms with Crippen molar-refractivity contribution in [3.05, 3.63) is 0 Å². The summed E-state index contributed by atoms with van der Waals surface area (Å²) in [6.07, 6.45) is -18.9. The first-order valence-electron chi connectivity index (χ1n) is 8.01. The predicted octanol–water partition coefficient (Wildman–Crippen LogP) is -3.14. The summed E-state index contributed by atoms with van der Waals surface area (Å²) in [5.74, 6) is 0. The van der Waals surface area contributed by atoms with E-state index < -0.39 is 83.6 Å². The van der Waals surface area contributed by atoms with Crippen molar-refractivity contribution < 1.29 is 136 Å². The quantitative estimate of drug-likeness (QED) is 0.0689. The van der Waals surface area contributed by atoms with E-state index >= 15 is 0 Å². The Morgan fingerprint density at radius 2 is 0.378 bits per heavy atom. The summed E-state index contributed by atoms with van der Waals surface area (Å²) in [4.78, 5) is 110. The third-order valence-corrected chi connectivity index (χ3v) is 6.61. The monoisotopic (exact) mass is 767 g/mol. The molecule has 1 radical (unpaired) electrons. The van der Waals surface area contributed by atoms with Crippen LogP contribution in [-0.2, 0) is 76.9 Å². The van der Waals surface area contributed by atoms with Gasteiger partial charge in [0.1, 0.15) is 36.6 Å². The van der Waals surface area contributed by atoms with Gasteiger partial charge < -0.3 is 58.7 Å². The first-order valence-corrected chi connectivity index (χ1v) is 17.2. The molecule has 0 aromatic carbocycles. The van der Waals surface area contributed by atoms with Gasteiger partial charge in [-0.1, -0.05) is 0 Å². The van der Waals surface area contributed by atoms with E-state index in [1.165, 1.54) is 0 Å². The molecule has 0 saturated heterocycles. The number of hydrogen-bond acceptors (Lipinski definition) is 12. The van der Waals surface area contributed by atoms with Crippen molar-refractivity contribution in [2.45, 2.75) is 36.6 Å². The van der Waals surface area contributed by atoms with Gasteiger partial charge in [-0.05, 0) is 0 Å². The van der Waals surface area contributed by atoms with E-state index in [0.717, 1.165) is 0 Å². The Morgan fingerprint density at radius 3 is 0.432 bits per heavy atom. The topological polar surface area (TPSA) is 401 Å². The van der Waals surface area contributed by atoms with Crippen LogP contribution in [0.1, 0.15) is 0 Å². The molecule has 0 bridgehead atoms. The molecule has 0 amide bonds. The fourth-order valence-electron chi connectivity index (χ4n) is 2.79. The molecular weight excluding hydrogens is 750 g/mol. The van der Waals surface area contributed by atoms with Gasteiger partial charge in [0.25, 0.3) is 0 Å². The van der Waals surface area contributed by atoms with Crippen LogP contribution in [0.15, 0.2) is 0 Å². The van der Waals surface area contributed by atoms with E-state index in [1.54, 1.807) is 0 Å². The maximum absolute atomic E-state index is 11.4. The third kappa shape index (κ3) is 15.3. The fraction of sp³-hybridized carbons (Fsp3) is 1.00. The van der Waals surface area contributed by atoms with E-state index in [1.807, 2.05) is 0 Å². The zero-order chi connectivity index (χ0) is 28.7. The summed E-state index contributed by atoms with van der Waals surface area (Å²) in [6.45, 7) is 0. The summed E-state index contributed by atoms with van der Waals surface area (Å²) >= 11 is 0. The summed E-state index contributed by atoms with van der Waals surface area (Å²) in [5.41, 5.74) is 0. The molecule has 0 aromatic rings. The van der Waals surface area contributed by atoms with Crippen molar-refractivity contribution in [1.29, 1.82) is 0 Å². The van der Waals surface area contributed by atoms with E-state index in [-0.39, 0.29) is 22.4 Å². The summed E-state index contributed by atoms with van der Waals surface area (Å²) in [7, 11) is -36.1. The molecule has 0 unspecified atom stereocenters. The molecule has 1 aliphatic carbocycles. The SMILES string of the molecule is O=P(O)(O)O[C@H]1[C@H](OP(=O)(O)O)[C@@H](OP(=O)(O)O)[C@H](OP(=O)(O)O)[C@@H](OP(=O)(O)O)[C@H]1OP(=O)(O)O.[Ag]. The molecule has 24 nitrogen and oxygen atoms in total. The van der Waals surface area contributed by atoms with Crippen LogP contribution >= 0.6 is 46.9 Å². The van der Waals surface area contributed by atoms with E-state index in [0.29, 0.717) is 0 Å². The number of phosphoric acid groups is 6. The maximum Gasteiger partial charge on any atom is 0.470 e. The summed E-state index contributed by atoms with van der Waals surface area (Å²) < 4.78 is 93.1.